The lowest BCUT2D eigenvalue weighted by Gasteiger charge is -2.26. The molecule has 1 heteroatoms. The molecule has 3 rings (SSSR count). The first kappa shape index (κ1) is 12.6. The average Bonchev–Trinajstić information content (AvgIpc) is 2.47. The Kier molecular flexibility index (Phi) is 2.72. The van der Waals surface area contributed by atoms with E-state index in [9.17, 15) is 0 Å². The van der Waals surface area contributed by atoms with Gasteiger partial charge in [0.1, 0.15) is 0 Å². The average molecular weight is 259 g/mol. The molecule has 0 amide bonds. The van der Waals surface area contributed by atoms with Crippen molar-refractivity contribution in [3.05, 3.63) is 82.4 Å². The maximum atomic E-state index is 8.51. The third-order valence-corrected chi connectivity index (χ3v) is 4.25. The van der Waals surface area contributed by atoms with Crippen molar-refractivity contribution in [3.8, 4) is 0 Å². The summed E-state index contributed by atoms with van der Waals surface area (Å²) < 4.78 is 0. The monoisotopic (exact) mass is 259 g/mol. The standard InChI is InChI=1S/C19H17N/c1-5-14-10-17-18(12(3)11(14)2)13(4)15-8-6-7-9-16(15)19(17)20/h5-10,20H,1,4H2,2-3H3. The lowest BCUT2D eigenvalue weighted by atomic mass is 9.77. The Labute approximate surface area is 119 Å². The van der Waals surface area contributed by atoms with Crippen LogP contribution in [0.3, 0.4) is 0 Å². The molecule has 0 aliphatic heterocycles. The van der Waals surface area contributed by atoms with E-state index in [0.29, 0.717) is 5.71 Å². The first-order valence-electron chi connectivity index (χ1n) is 6.71. The third-order valence-electron chi connectivity index (χ3n) is 4.25. The Morgan fingerprint density at radius 3 is 2.30 bits per heavy atom. The van der Waals surface area contributed by atoms with Gasteiger partial charge in [0.15, 0.2) is 0 Å². The fraction of sp³-hybridized carbons (Fsp3) is 0.105. The van der Waals surface area contributed by atoms with Gasteiger partial charge in [-0.05, 0) is 53.3 Å². The highest BCUT2D eigenvalue weighted by Crippen LogP contribution is 2.38. The number of hydrogen-bond acceptors (Lipinski definition) is 1. The second-order valence-corrected chi connectivity index (χ2v) is 5.24. The summed E-state index contributed by atoms with van der Waals surface area (Å²) in [6, 6.07) is 10.1. The number of nitrogens with one attached hydrogen (secondary N) is 1. The fourth-order valence-corrected chi connectivity index (χ4v) is 2.98. The van der Waals surface area contributed by atoms with Crippen molar-refractivity contribution >= 4 is 17.4 Å². The zero-order chi connectivity index (χ0) is 14.4. The summed E-state index contributed by atoms with van der Waals surface area (Å²) in [6.45, 7) is 12.3. The Morgan fingerprint density at radius 2 is 1.65 bits per heavy atom. The van der Waals surface area contributed by atoms with Crippen LogP contribution in [-0.4, -0.2) is 5.71 Å². The maximum Gasteiger partial charge on any atom is 0.0697 e. The van der Waals surface area contributed by atoms with Crippen LogP contribution >= 0.6 is 0 Å². The molecule has 2 aromatic carbocycles. The van der Waals surface area contributed by atoms with Crippen molar-refractivity contribution < 1.29 is 0 Å². The molecular formula is C19H17N. The third kappa shape index (κ3) is 1.53. The summed E-state index contributed by atoms with van der Waals surface area (Å²) in [5.41, 5.74) is 9.20. The van der Waals surface area contributed by atoms with Crippen molar-refractivity contribution in [3.63, 3.8) is 0 Å². The molecule has 1 aliphatic rings. The summed E-state index contributed by atoms with van der Waals surface area (Å²) >= 11 is 0. The van der Waals surface area contributed by atoms with E-state index in [0.717, 1.165) is 33.4 Å². The molecule has 1 N–H and O–H groups in total. The van der Waals surface area contributed by atoms with Crippen molar-refractivity contribution in [1.29, 1.82) is 5.41 Å². The van der Waals surface area contributed by atoms with Crippen LogP contribution in [0.4, 0.5) is 0 Å². The second-order valence-electron chi connectivity index (χ2n) is 5.24. The van der Waals surface area contributed by atoms with Gasteiger partial charge in [-0.2, -0.15) is 0 Å². The van der Waals surface area contributed by atoms with E-state index >= 15 is 0 Å². The highest BCUT2D eigenvalue weighted by Gasteiger charge is 2.25. The molecule has 0 aromatic heterocycles. The highest BCUT2D eigenvalue weighted by atomic mass is 14.5. The van der Waals surface area contributed by atoms with Crippen molar-refractivity contribution in [2.45, 2.75) is 13.8 Å². The molecule has 0 fully saturated rings. The predicted molar refractivity (Wildman–Crippen MR) is 86.5 cm³/mol. The molecule has 0 heterocycles. The summed E-state index contributed by atoms with van der Waals surface area (Å²) in [5.74, 6) is 0. The molecule has 1 nitrogen and oxygen atoms in total. The zero-order valence-corrected chi connectivity index (χ0v) is 11.9. The molecule has 0 bridgehead atoms. The molecule has 0 radical (unpaired) electrons. The van der Waals surface area contributed by atoms with Gasteiger partial charge in [-0.3, -0.25) is 5.41 Å². The largest absolute Gasteiger partial charge is 0.300 e. The van der Waals surface area contributed by atoms with Crippen LogP contribution in [0, 0.1) is 19.3 Å². The van der Waals surface area contributed by atoms with E-state index in [2.05, 4.69) is 33.1 Å². The maximum absolute atomic E-state index is 8.51. The minimum absolute atomic E-state index is 0.578. The van der Waals surface area contributed by atoms with Gasteiger partial charge < -0.3 is 0 Å². The molecule has 20 heavy (non-hydrogen) atoms. The lowest BCUT2D eigenvalue weighted by molar-refractivity contribution is 1.27. The van der Waals surface area contributed by atoms with Gasteiger partial charge in [-0.1, -0.05) is 43.5 Å². The Morgan fingerprint density at radius 1 is 1.00 bits per heavy atom. The predicted octanol–water partition coefficient (Wildman–Crippen LogP) is 4.74. The Bertz CT molecular complexity index is 779. The van der Waals surface area contributed by atoms with Crippen molar-refractivity contribution in [2.75, 3.05) is 0 Å². The normalized spacial score (nSPS) is 12.9. The van der Waals surface area contributed by atoms with Gasteiger partial charge in [-0.25, -0.2) is 0 Å². The van der Waals surface area contributed by atoms with E-state index in [4.69, 9.17) is 5.41 Å². The van der Waals surface area contributed by atoms with E-state index in [1.165, 1.54) is 11.1 Å². The van der Waals surface area contributed by atoms with Crippen LogP contribution in [0.1, 0.15) is 38.9 Å². The first-order valence-corrected chi connectivity index (χ1v) is 6.71. The lowest BCUT2D eigenvalue weighted by Crippen LogP contribution is -2.16. The van der Waals surface area contributed by atoms with Gasteiger partial charge in [-0.15, -0.1) is 0 Å². The Balaban J connectivity index is 2.39. The molecule has 0 atom stereocenters. The van der Waals surface area contributed by atoms with Crippen LogP contribution in [0.5, 0.6) is 0 Å². The molecule has 0 spiro atoms. The molecule has 0 unspecified atom stereocenters. The Hall–Kier alpha value is -2.41. The second kappa shape index (κ2) is 4.31. The topological polar surface area (TPSA) is 23.9 Å². The van der Waals surface area contributed by atoms with Gasteiger partial charge >= 0.3 is 0 Å². The van der Waals surface area contributed by atoms with Gasteiger partial charge in [0, 0.05) is 11.1 Å². The molecule has 1 aliphatic carbocycles. The number of fused-ring (bicyclic) bond motifs is 2. The van der Waals surface area contributed by atoms with E-state index in [-0.39, 0.29) is 0 Å². The molecular weight excluding hydrogens is 242 g/mol. The van der Waals surface area contributed by atoms with Crippen molar-refractivity contribution in [1.82, 2.24) is 0 Å². The van der Waals surface area contributed by atoms with Crippen molar-refractivity contribution in [2.24, 2.45) is 0 Å². The summed E-state index contributed by atoms with van der Waals surface area (Å²) in [6.07, 6.45) is 1.86. The van der Waals surface area contributed by atoms with Crippen LogP contribution < -0.4 is 0 Å². The fourth-order valence-electron chi connectivity index (χ4n) is 2.98. The van der Waals surface area contributed by atoms with E-state index < -0.39 is 0 Å². The molecule has 98 valence electrons. The minimum atomic E-state index is 0.578. The summed E-state index contributed by atoms with van der Waals surface area (Å²) in [4.78, 5) is 0. The minimum Gasteiger partial charge on any atom is -0.300 e. The zero-order valence-electron chi connectivity index (χ0n) is 11.9. The SMILES string of the molecule is C=Cc1cc2c(c(C)c1C)C(=C)c1ccccc1C2=N. The van der Waals surface area contributed by atoms with E-state index in [1.807, 2.05) is 30.3 Å². The van der Waals surface area contributed by atoms with E-state index in [1.54, 1.807) is 0 Å². The molecule has 0 saturated heterocycles. The summed E-state index contributed by atoms with van der Waals surface area (Å²) in [7, 11) is 0. The first-order chi connectivity index (χ1) is 9.56. The van der Waals surface area contributed by atoms with Crippen LogP contribution in [0.15, 0.2) is 43.5 Å². The number of hydrogen-bond donors (Lipinski definition) is 1. The number of rotatable bonds is 1. The summed E-state index contributed by atoms with van der Waals surface area (Å²) in [5, 5.41) is 8.51. The molecule has 2 aromatic rings. The van der Waals surface area contributed by atoms with Crippen LogP contribution in [0.2, 0.25) is 0 Å². The van der Waals surface area contributed by atoms with Gasteiger partial charge in [0.2, 0.25) is 0 Å². The van der Waals surface area contributed by atoms with Crippen LogP contribution in [0.25, 0.3) is 11.6 Å². The van der Waals surface area contributed by atoms with Crippen LogP contribution in [-0.2, 0) is 0 Å². The number of benzene rings is 2. The van der Waals surface area contributed by atoms with Gasteiger partial charge in [0.05, 0.1) is 5.71 Å². The molecule has 0 saturated carbocycles. The smallest absolute Gasteiger partial charge is 0.0697 e. The quantitative estimate of drug-likeness (QED) is 0.653. The highest BCUT2D eigenvalue weighted by molar-refractivity contribution is 6.20. The van der Waals surface area contributed by atoms with Gasteiger partial charge in [0.25, 0.3) is 0 Å².